The first-order valence-electron chi connectivity index (χ1n) is 8.97. The lowest BCUT2D eigenvalue weighted by atomic mass is 10.1. The number of aryl methyl sites for hydroxylation is 1. The summed E-state index contributed by atoms with van der Waals surface area (Å²) in [6.07, 6.45) is 3.26. The Kier molecular flexibility index (Phi) is 5.04. The zero-order valence-electron chi connectivity index (χ0n) is 15.2. The molecule has 0 spiro atoms. The van der Waals surface area contributed by atoms with E-state index < -0.39 is 0 Å². The molecule has 0 bridgehead atoms. The molecule has 2 aromatic heterocycles. The van der Waals surface area contributed by atoms with Crippen molar-refractivity contribution in [3.05, 3.63) is 60.0 Å². The summed E-state index contributed by atoms with van der Waals surface area (Å²) in [4.78, 5) is 15.1. The van der Waals surface area contributed by atoms with Gasteiger partial charge in [0.25, 0.3) is 5.91 Å². The van der Waals surface area contributed by atoms with Crippen molar-refractivity contribution in [3.63, 3.8) is 0 Å². The molecule has 27 heavy (non-hydrogen) atoms. The van der Waals surface area contributed by atoms with Gasteiger partial charge in [0.05, 0.1) is 25.0 Å². The molecule has 1 aliphatic heterocycles. The van der Waals surface area contributed by atoms with Gasteiger partial charge in [-0.2, -0.15) is 5.10 Å². The van der Waals surface area contributed by atoms with Crippen molar-refractivity contribution in [2.24, 2.45) is 7.05 Å². The minimum absolute atomic E-state index is 0.213. The summed E-state index contributed by atoms with van der Waals surface area (Å²) >= 11 is 0. The predicted octanol–water partition coefficient (Wildman–Crippen LogP) is 2.76. The average molecular weight is 366 g/mol. The molecule has 0 unspecified atom stereocenters. The molecular weight excluding hydrogens is 344 g/mol. The number of hydrogen-bond donors (Lipinski definition) is 1. The van der Waals surface area contributed by atoms with Crippen LogP contribution in [0.5, 0.6) is 0 Å². The average Bonchev–Trinajstić information content (AvgIpc) is 3.33. The van der Waals surface area contributed by atoms with Crippen LogP contribution in [0.4, 0.5) is 5.69 Å². The van der Waals surface area contributed by atoms with Gasteiger partial charge in [-0.15, -0.1) is 0 Å². The third kappa shape index (κ3) is 4.10. The Hall–Kier alpha value is -2.90. The van der Waals surface area contributed by atoms with Gasteiger partial charge in [-0.25, -0.2) is 0 Å². The zero-order valence-corrected chi connectivity index (χ0v) is 15.2. The Morgan fingerprint density at radius 2 is 1.96 bits per heavy atom. The van der Waals surface area contributed by atoms with E-state index in [-0.39, 0.29) is 5.91 Å². The Morgan fingerprint density at radius 1 is 1.19 bits per heavy atom. The molecular formula is C20H22N4O3. The van der Waals surface area contributed by atoms with Crippen LogP contribution in [0.15, 0.2) is 53.3 Å². The van der Waals surface area contributed by atoms with Gasteiger partial charge in [0, 0.05) is 38.6 Å². The van der Waals surface area contributed by atoms with E-state index in [9.17, 15) is 4.79 Å². The van der Waals surface area contributed by atoms with Gasteiger partial charge < -0.3 is 14.5 Å². The van der Waals surface area contributed by atoms with E-state index in [0.29, 0.717) is 17.0 Å². The number of amides is 1. The first-order valence-corrected chi connectivity index (χ1v) is 8.97. The summed E-state index contributed by atoms with van der Waals surface area (Å²) in [5, 5.41) is 7.28. The number of nitrogens with one attached hydrogen (secondary N) is 1. The lowest BCUT2D eigenvalue weighted by Crippen LogP contribution is -2.35. The third-order valence-electron chi connectivity index (χ3n) is 4.55. The molecule has 0 aliphatic carbocycles. The fourth-order valence-electron chi connectivity index (χ4n) is 3.16. The van der Waals surface area contributed by atoms with Crippen LogP contribution in [-0.4, -0.2) is 46.9 Å². The number of hydrogen-bond acceptors (Lipinski definition) is 5. The maximum atomic E-state index is 12.7. The van der Waals surface area contributed by atoms with Crippen LogP contribution in [0.1, 0.15) is 15.9 Å². The molecule has 1 fully saturated rings. The number of carbonyl (C=O) groups excluding carboxylic acids is 1. The minimum atomic E-state index is -0.213. The molecule has 1 aliphatic rings. The van der Waals surface area contributed by atoms with Crippen LogP contribution in [-0.2, 0) is 18.3 Å². The highest BCUT2D eigenvalue weighted by atomic mass is 16.5. The maximum Gasteiger partial charge on any atom is 0.259 e. The summed E-state index contributed by atoms with van der Waals surface area (Å²) in [7, 11) is 1.78. The van der Waals surface area contributed by atoms with Crippen LogP contribution < -0.4 is 5.32 Å². The van der Waals surface area contributed by atoms with E-state index in [2.05, 4.69) is 15.3 Å². The fourth-order valence-corrected chi connectivity index (χ4v) is 3.16. The molecule has 1 amide bonds. The second-order valence-corrected chi connectivity index (χ2v) is 6.58. The van der Waals surface area contributed by atoms with Gasteiger partial charge in [-0.1, -0.05) is 12.1 Å². The van der Waals surface area contributed by atoms with E-state index in [4.69, 9.17) is 9.15 Å². The highest BCUT2D eigenvalue weighted by molar-refractivity contribution is 6.07. The lowest BCUT2D eigenvalue weighted by molar-refractivity contribution is 0.0342. The van der Waals surface area contributed by atoms with Gasteiger partial charge in [-0.3, -0.25) is 14.4 Å². The molecule has 0 atom stereocenters. The normalized spacial score (nSPS) is 15.0. The topological polar surface area (TPSA) is 72.5 Å². The zero-order chi connectivity index (χ0) is 18.6. The predicted molar refractivity (Wildman–Crippen MR) is 101 cm³/mol. The van der Waals surface area contributed by atoms with Crippen LogP contribution in [0.25, 0.3) is 11.5 Å². The van der Waals surface area contributed by atoms with Crippen molar-refractivity contribution < 1.29 is 13.9 Å². The lowest BCUT2D eigenvalue weighted by Gasteiger charge is -2.26. The Balaban J connectivity index is 1.44. The number of aromatic nitrogens is 2. The summed E-state index contributed by atoms with van der Waals surface area (Å²) in [6, 6.07) is 11.5. The minimum Gasteiger partial charge on any atom is -0.463 e. The molecule has 1 N–H and O–H groups in total. The number of benzene rings is 1. The Bertz CT molecular complexity index is 894. The molecule has 7 heteroatoms. The van der Waals surface area contributed by atoms with Crippen LogP contribution in [0.2, 0.25) is 0 Å². The number of nitrogens with zero attached hydrogens (tertiary/aromatic N) is 3. The van der Waals surface area contributed by atoms with Crippen LogP contribution in [0, 0.1) is 0 Å². The van der Waals surface area contributed by atoms with Gasteiger partial charge in [0.2, 0.25) is 0 Å². The number of anilines is 1. The number of ether oxygens (including phenoxy) is 1. The quantitative estimate of drug-likeness (QED) is 0.752. The van der Waals surface area contributed by atoms with Crippen molar-refractivity contribution in [2.45, 2.75) is 6.54 Å². The summed E-state index contributed by atoms with van der Waals surface area (Å²) in [5.74, 6) is 0.358. The second-order valence-electron chi connectivity index (χ2n) is 6.58. The van der Waals surface area contributed by atoms with Crippen LogP contribution >= 0.6 is 0 Å². The van der Waals surface area contributed by atoms with Crippen LogP contribution in [0.3, 0.4) is 0 Å². The van der Waals surface area contributed by atoms with Gasteiger partial charge in [0.15, 0.2) is 5.76 Å². The number of furan rings is 1. The standard InChI is InChI=1S/C20H22N4O3/c1-23-14-17(19(22-23)18-3-2-10-27-18)20(25)21-16-6-4-15(5-7-16)13-24-8-11-26-12-9-24/h2-7,10,14H,8-9,11-13H2,1H3,(H,21,25). The summed E-state index contributed by atoms with van der Waals surface area (Å²) in [6.45, 7) is 4.38. The first-order chi connectivity index (χ1) is 13.2. The van der Waals surface area contributed by atoms with Crippen molar-refractivity contribution >= 4 is 11.6 Å². The highest BCUT2D eigenvalue weighted by Crippen LogP contribution is 2.23. The van der Waals surface area contributed by atoms with Crippen molar-refractivity contribution in [3.8, 4) is 11.5 Å². The number of rotatable bonds is 5. The highest BCUT2D eigenvalue weighted by Gasteiger charge is 2.19. The van der Waals surface area contributed by atoms with Crippen molar-refractivity contribution in [2.75, 3.05) is 31.6 Å². The van der Waals surface area contributed by atoms with E-state index >= 15 is 0 Å². The molecule has 0 radical (unpaired) electrons. The third-order valence-corrected chi connectivity index (χ3v) is 4.55. The van der Waals surface area contributed by atoms with Crippen molar-refractivity contribution in [1.29, 1.82) is 0 Å². The number of carbonyl (C=O) groups is 1. The molecule has 3 aromatic rings. The molecule has 1 saturated heterocycles. The molecule has 4 rings (SSSR count). The second kappa shape index (κ2) is 7.77. The first kappa shape index (κ1) is 17.5. The molecule has 1 aromatic carbocycles. The molecule has 3 heterocycles. The maximum absolute atomic E-state index is 12.7. The smallest absolute Gasteiger partial charge is 0.259 e. The monoisotopic (exact) mass is 366 g/mol. The van der Waals surface area contributed by atoms with Gasteiger partial charge in [-0.05, 0) is 29.8 Å². The SMILES string of the molecule is Cn1cc(C(=O)Nc2ccc(CN3CCOCC3)cc2)c(-c2ccco2)n1. The van der Waals surface area contributed by atoms with E-state index in [0.717, 1.165) is 38.5 Å². The van der Waals surface area contributed by atoms with Crippen molar-refractivity contribution in [1.82, 2.24) is 14.7 Å². The fraction of sp³-hybridized carbons (Fsp3) is 0.300. The molecule has 140 valence electrons. The van der Waals surface area contributed by atoms with E-state index in [1.54, 1.807) is 36.3 Å². The Labute approximate surface area is 157 Å². The van der Waals surface area contributed by atoms with Gasteiger partial charge in [0.1, 0.15) is 5.69 Å². The summed E-state index contributed by atoms with van der Waals surface area (Å²) in [5.41, 5.74) is 2.97. The van der Waals surface area contributed by atoms with Gasteiger partial charge >= 0.3 is 0 Å². The van der Waals surface area contributed by atoms with E-state index in [1.807, 2.05) is 24.3 Å². The number of morpholine rings is 1. The molecule has 7 nitrogen and oxygen atoms in total. The Morgan fingerprint density at radius 3 is 2.67 bits per heavy atom. The van der Waals surface area contributed by atoms with E-state index in [1.165, 1.54) is 5.56 Å². The molecule has 0 saturated carbocycles. The largest absolute Gasteiger partial charge is 0.463 e. The summed E-state index contributed by atoms with van der Waals surface area (Å²) < 4.78 is 12.4.